The van der Waals surface area contributed by atoms with Crippen molar-refractivity contribution < 1.29 is 19.4 Å². The lowest BCUT2D eigenvalue weighted by Crippen LogP contribution is -2.39. The van der Waals surface area contributed by atoms with E-state index in [4.69, 9.17) is 4.74 Å². The molecule has 142 valence electrons. The minimum absolute atomic E-state index is 0.0618. The number of likely N-dealkylation sites (tertiary alicyclic amines) is 1. The number of aryl methyl sites for hydroxylation is 1. The van der Waals surface area contributed by atoms with Gasteiger partial charge in [0, 0.05) is 25.3 Å². The van der Waals surface area contributed by atoms with Crippen molar-refractivity contribution >= 4 is 17.6 Å². The van der Waals surface area contributed by atoms with Gasteiger partial charge in [-0.05, 0) is 30.9 Å². The molecule has 1 N–H and O–H groups in total. The standard InChI is InChI=1S/C21H24N2O4/c24-19-18-17(20(25)26)16-8-9-21(18,27-16)13-23(19)12-4-11-22-10-3-6-14-5-1-2-7-15(14)22/h1-2,5,7-9,16-18H,3-4,6,10-13H2,(H,25,26). The van der Waals surface area contributed by atoms with E-state index in [1.54, 1.807) is 0 Å². The van der Waals surface area contributed by atoms with Gasteiger partial charge < -0.3 is 19.6 Å². The van der Waals surface area contributed by atoms with Gasteiger partial charge in [-0.25, -0.2) is 0 Å². The van der Waals surface area contributed by atoms with Crippen LogP contribution in [0.5, 0.6) is 0 Å². The molecule has 4 aliphatic heterocycles. The van der Waals surface area contributed by atoms with E-state index in [2.05, 4.69) is 29.2 Å². The number of hydrogen-bond acceptors (Lipinski definition) is 4. The topological polar surface area (TPSA) is 70.1 Å². The van der Waals surface area contributed by atoms with Crippen LogP contribution in [-0.4, -0.2) is 59.8 Å². The lowest BCUT2D eigenvalue weighted by molar-refractivity contribution is -0.148. The maximum atomic E-state index is 12.9. The molecule has 2 fully saturated rings. The van der Waals surface area contributed by atoms with E-state index in [-0.39, 0.29) is 5.91 Å². The van der Waals surface area contributed by atoms with Crippen LogP contribution in [0.1, 0.15) is 18.4 Å². The molecule has 0 aliphatic carbocycles. The van der Waals surface area contributed by atoms with Crippen molar-refractivity contribution in [2.24, 2.45) is 11.8 Å². The monoisotopic (exact) mass is 368 g/mol. The molecule has 1 aromatic rings. The number of nitrogens with zero attached hydrogens (tertiary/aromatic N) is 2. The number of para-hydroxylation sites is 1. The molecule has 2 bridgehead atoms. The lowest BCUT2D eigenvalue weighted by atomic mass is 9.77. The smallest absolute Gasteiger partial charge is 0.310 e. The van der Waals surface area contributed by atoms with E-state index in [0.717, 1.165) is 32.4 Å². The van der Waals surface area contributed by atoms with Gasteiger partial charge in [0.25, 0.3) is 0 Å². The zero-order valence-corrected chi connectivity index (χ0v) is 15.2. The van der Waals surface area contributed by atoms with E-state index < -0.39 is 29.5 Å². The van der Waals surface area contributed by atoms with E-state index in [9.17, 15) is 14.7 Å². The molecule has 0 aromatic heterocycles. The zero-order valence-electron chi connectivity index (χ0n) is 15.2. The Bertz CT molecular complexity index is 822. The van der Waals surface area contributed by atoms with Crippen molar-refractivity contribution in [2.75, 3.05) is 31.1 Å². The molecule has 0 radical (unpaired) electrons. The third-order valence-corrected chi connectivity index (χ3v) is 6.53. The van der Waals surface area contributed by atoms with Crippen LogP contribution < -0.4 is 4.90 Å². The molecule has 6 nitrogen and oxygen atoms in total. The summed E-state index contributed by atoms with van der Waals surface area (Å²) in [5.41, 5.74) is 1.99. The van der Waals surface area contributed by atoms with Crippen molar-refractivity contribution in [3.63, 3.8) is 0 Å². The third kappa shape index (κ3) is 2.50. The van der Waals surface area contributed by atoms with Crippen LogP contribution in [0.15, 0.2) is 36.4 Å². The van der Waals surface area contributed by atoms with Gasteiger partial charge in [-0.1, -0.05) is 30.4 Å². The molecule has 4 atom stereocenters. The van der Waals surface area contributed by atoms with E-state index in [0.29, 0.717) is 13.1 Å². The molecule has 27 heavy (non-hydrogen) atoms. The molecule has 5 rings (SSSR count). The number of aliphatic carboxylic acids is 1. The maximum absolute atomic E-state index is 12.9. The highest BCUT2D eigenvalue weighted by Crippen LogP contribution is 2.51. The van der Waals surface area contributed by atoms with Gasteiger partial charge in [-0.15, -0.1) is 0 Å². The van der Waals surface area contributed by atoms with Crippen LogP contribution >= 0.6 is 0 Å². The van der Waals surface area contributed by atoms with Crippen molar-refractivity contribution in [1.29, 1.82) is 0 Å². The second-order valence-corrected chi connectivity index (χ2v) is 8.07. The summed E-state index contributed by atoms with van der Waals surface area (Å²) in [6, 6.07) is 8.53. The predicted molar refractivity (Wildman–Crippen MR) is 99.5 cm³/mol. The Kier molecular flexibility index (Phi) is 3.79. The number of hydrogen-bond donors (Lipinski definition) is 1. The first-order chi connectivity index (χ1) is 13.1. The van der Waals surface area contributed by atoms with Crippen molar-refractivity contribution in [3.05, 3.63) is 42.0 Å². The number of carbonyl (C=O) groups is 2. The SMILES string of the molecule is O=C(O)C1C2C=CC3(CN(CCCN4CCCc5ccccc54)C(=O)C13)O2. The summed E-state index contributed by atoms with van der Waals surface area (Å²) in [7, 11) is 0. The second-order valence-electron chi connectivity index (χ2n) is 8.07. The molecular formula is C21H24N2O4. The summed E-state index contributed by atoms with van der Waals surface area (Å²) in [6.07, 6.45) is 6.43. The number of rotatable bonds is 5. The minimum Gasteiger partial charge on any atom is -0.481 e. The first kappa shape index (κ1) is 16.8. The van der Waals surface area contributed by atoms with Crippen molar-refractivity contribution in [2.45, 2.75) is 31.0 Å². The van der Waals surface area contributed by atoms with Crippen LogP contribution in [0.25, 0.3) is 0 Å². The summed E-state index contributed by atoms with van der Waals surface area (Å²) in [4.78, 5) is 28.7. The lowest BCUT2D eigenvalue weighted by Gasteiger charge is -2.32. The fraction of sp³-hybridized carbons (Fsp3) is 0.524. The zero-order chi connectivity index (χ0) is 18.6. The van der Waals surface area contributed by atoms with Gasteiger partial charge in [0.15, 0.2) is 0 Å². The molecule has 6 heteroatoms. The summed E-state index contributed by atoms with van der Waals surface area (Å²) in [6.45, 7) is 3.07. The Morgan fingerprint density at radius 1 is 1.26 bits per heavy atom. The highest BCUT2D eigenvalue weighted by Gasteiger charge is 2.66. The average Bonchev–Trinajstić information content (AvgIpc) is 3.30. The second kappa shape index (κ2) is 6.09. The number of anilines is 1. The molecule has 1 spiro atoms. The van der Waals surface area contributed by atoms with Gasteiger partial charge in [0.05, 0.1) is 18.6 Å². The van der Waals surface area contributed by atoms with E-state index in [1.165, 1.54) is 11.3 Å². The van der Waals surface area contributed by atoms with E-state index >= 15 is 0 Å². The molecular weight excluding hydrogens is 344 g/mol. The first-order valence-corrected chi connectivity index (χ1v) is 9.81. The first-order valence-electron chi connectivity index (χ1n) is 9.81. The fourth-order valence-electron chi connectivity index (χ4n) is 5.35. The van der Waals surface area contributed by atoms with Gasteiger partial charge in [-0.3, -0.25) is 9.59 Å². The Labute approximate surface area is 158 Å². The maximum Gasteiger partial charge on any atom is 0.310 e. The van der Waals surface area contributed by atoms with Gasteiger partial charge in [-0.2, -0.15) is 0 Å². The van der Waals surface area contributed by atoms with Gasteiger partial charge >= 0.3 is 5.97 Å². The molecule has 1 aromatic carbocycles. The number of carbonyl (C=O) groups excluding carboxylic acids is 1. The number of ether oxygens (including phenoxy) is 1. The van der Waals surface area contributed by atoms with Crippen LogP contribution in [0.3, 0.4) is 0 Å². The third-order valence-electron chi connectivity index (χ3n) is 6.53. The normalized spacial score (nSPS) is 33.5. The van der Waals surface area contributed by atoms with Crippen LogP contribution in [0.2, 0.25) is 0 Å². The number of carboxylic acids is 1. The number of amides is 1. The number of benzene rings is 1. The van der Waals surface area contributed by atoms with Crippen molar-refractivity contribution in [1.82, 2.24) is 4.90 Å². The molecule has 0 saturated carbocycles. The summed E-state index contributed by atoms with van der Waals surface area (Å²) < 4.78 is 5.94. The molecule has 4 aliphatic rings. The van der Waals surface area contributed by atoms with Gasteiger partial charge in [0.1, 0.15) is 11.5 Å². The fourth-order valence-corrected chi connectivity index (χ4v) is 5.35. The summed E-state index contributed by atoms with van der Waals surface area (Å²) in [5, 5.41) is 9.53. The quantitative estimate of drug-likeness (QED) is 0.801. The van der Waals surface area contributed by atoms with Crippen molar-refractivity contribution in [3.8, 4) is 0 Å². The summed E-state index contributed by atoms with van der Waals surface area (Å²) >= 11 is 0. The highest BCUT2D eigenvalue weighted by molar-refractivity contribution is 5.90. The van der Waals surface area contributed by atoms with Crippen LogP contribution in [0, 0.1) is 11.8 Å². The van der Waals surface area contributed by atoms with E-state index in [1.807, 2.05) is 17.1 Å². The molecule has 4 unspecified atom stereocenters. The molecule has 1 amide bonds. The predicted octanol–water partition coefficient (Wildman–Crippen LogP) is 1.70. The molecule has 2 saturated heterocycles. The van der Waals surface area contributed by atoms with Crippen LogP contribution in [-0.2, 0) is 20.7 Å². The largest absolute Gasteiger partial charge is 0.481 e. The Hall–Kier alpha value is -2.34. The van der Waals surface area contributed by atoms with Crippen LogP contribution in [0.4, 0.5) is 5.69 Å². The number of fused-ring (bicyclic) bond motifs is 2. The number of carboxylic acid groups (broad SMARTS) is 1. The Morgan fingerprint density at radius 2 is 2.07 bits per heavy atom. The Morgan fingerprint density at radius 3 is 2.93 bits per heavy atom. The Balaban J connectivity index is 1.24. The molecule has 4 heterocycles. The summed E-state index contributed by atoms with van der Waals surface area (Å²) in [5.74, 6) is -2.31. The highest BCUT2D eigenvalue weighted by atomic mass is 16.5. The van der Waals surface area contributed by atoms with Gasteiger partial charge in [0.2, 0.25) is 5.91 Å². The average molecular weight is 368 g/mol. The minimum atomic E-state index is -0.934.